The minimum absolute atomic E-state index is 0.123. The van der Waals surface area contributed by atoms with Crippen LogP contribution in [0.15, 0.2) is 60.7 Å². The summed E-state index contributed by atoms with van der Waals surface area (Å²) in [5.74, 6) is 1.28. The van der Waals surface area contributed by atoms with Crippen LogP contribution in [0.3, 0.4) is 0 Å². The first-order chi connectivity index (χ1) is 16.4. The van der Waals surface area contributed by atoms with E-state index in [4.69, 9.17) is 14.2 Å². The van der Waals surface area contributed by atoms with Gasteiger partial charge >= 0.3 is 0 Å². The van der Waals surface area contributed by atoms with E-state index in [1.807, 2.05) is 44.2 Å². The van der Waals surface area contributed by atoms with Crippen LogP contribution in [-0.2, 0) is 9.59 Å². The van der Waals surface area contributed by atoms with Crippen LogP contribution in [-0.4, -0.2) is 39.7 Å². The first-order valence-electron chi connectivity index (χ1n) is 10.9. The second-order valence-corrected chi connectivity index (χ2v) is 8.19. The number of carbonyl (C=O) groups excluding carboxylic acids is 2. The van der Waals surface area contributed by atoms with Gasteiger partial charge in [-0.2, -0.15) is 0 Å². The van der Waals surface area contributed by atoms with Gasteiger partial charge in [0.1, 0.15) is 29.8 Å². The first kappa shape index (κ1) is 23.2. The second kappa shape index (κ2) is 9.47. The normalized spacial score (nSPS) is 16.0. The van der Waals surface area contributed by atoms with E-state index in [2.05, 4.69) is 0 Å². The Balaban J connectivity index is 1.86. The number of hydrogen-bond acceptors (Lipinski definition) is 5. The fourth-order valence-electron chi connectivity index (χ4n) is 4.33. The molecule has 1 atom stereocenters. The summed E-state index contributed by atoms with van der Waals surface area (Å²) in [6.07, 6.45) is 0. The van der Waals surface area contributed by atoms with Gasteiger partial charge in [-0.3, -0.25) is 19.4 Å². The second-order valence-electron chi connectivity index (χ2n) is 8.19. The Morgan fingerprint density at radius 3 is 2.06 bits per heavy atom. The van der Waals surface area contributed by atoms with Crippen molar-refractivity contribution in [2.75, 3.05) is 37.7 Å². The molecule has 0 N–H and O–H groups in total. The zero-order valence-corrected chi connectivity index (χ0v) is 20.0. The molecule has 0 bridgehead atoms. The molecule has 3 aromatic carbocycles. The van der Waals surface area contributed by atoms with E-state index in [1.165, 1.54) is 12.0 Å². The van der Waals surface area contributed by atoms with Gasteiger partial charge in [0.25, 0.3) is 5.91 Å². The van der Waals surface area contributed by atoms with Crippen molar-refractivity contribution >= 4 is 23.2 Å². The topological polar surface area (TPSA) is 68.3 Å². The van der Waals surface area contributed by atoms with E-state index in [0.717, 1.165) is 11.1 Å². The number of hydrogen-bond donors (Lipinski definition) is 0. The predicted octanol–water partition coefficient (Wildman–Crippen LogP) is 4.45. The number of benzene rings is 3. The molecule has 1 saturated heterocycles. The van der Waals surface area contributed by atoms with Crippen LogP contribution >= 0.6 is 0 Å². The lowest BCUT2D eigenvalue weighted by Gasteiger charge is -2.41. The molecule has 0 radical (unpaired) electrons. The Bertz CT molecular complexity index is 1220. The van der Waals surface area contributed by atoms with E-state index in [0.29, 0.717) is 34.2 Å². The van der Waals surface area contributed by atoms with E-state index >= 15 is 0 Å². The maximum Gasteiger partial charge on any atom is 0.255 e. The van der Waals surface area contributed by atoms with Crippen LogP contribution in [0.2, 0.25) is 0 Å². The number of piperazine rings is 1. The molecule has 0 aromatic heterocycles. The van der Waals surface area contributed by atoms with E-state index in [-0.39, 0.29) is 18.4 Å². The van der Waals surface area contributed by atoms with Crippen LogP contribution in [0.4, 0.5) is 11.4 Å². The zero-order chi connectivity index (χ0) is 24.4. The van der Waals surface area contributed by atoms with Gasteiger partial charge in [-0.1, -0.05) is 29.8 Å². The maximum absolute atomic E-state index is 14.1. The molecular formula is C27H28N2O5. The number of aryl methyl sites for hydroxylation is 2. The maximum atomic E-state index is 14.1. The van der Waals surface area contributed by atoms with Gasteiger partial charge in [-0.15, -0.1) is 0 Å². The molecule has 0 saturated carbocycles. The summed E-state index contributed by atoms with van der Waals surface area (Å²) in [4.78, 5) is 30.8. The molecule has 3 aromatic rings. The van der Waals surface area contributed by atoms with E-state index in [9.17, 15) is 9.59 Å². The number of rotatable bonds is 6. The third-order valence-electron chi connectivity index (χ3n) is 6.04. The number of anilines is 2. The molecule has 0 spiro atoms. The van der Waals surface area contributed by atoms with Crippen molar-refractivity contribution in [3.05, 3.63) is 77.4 Å². The molecule has 0 aliphatic carbocycles. The average molecular weight is 461 g/mol. The van der Waals surface area contributed by atoms with Crippen LogP contribution in [0.1, 0.15) is 22.7 Å². The monoisotopic (exact) mass is 460 g/mol. The molecule has 4 rings (SSSR count). The molecule has 0 unspecified atom stereocenters. The number of amides is 2. The predicted molar refractivity (Wildman–Crippen MR) is 131 cm³/mol. The Labute approximate surface area is 199 Å². The molecule has 34 heavy (non-hydrogen) atoms. The smallest absolute Gasteiger partial charge is 0.255 e. The van der Waals surface area contributed by atoms with Crippen molar-refractivity contribution in [3.63, 3.8) is 0 Å². The molecule has 7 nitrogen and oxygen atoms in total. The number of ether oxygens (including phenoxy) is 3. The quantitative estimate of drug-likeness (QED) is 0.544. The van der Waals surface area contributed by atoms with Crippen LogP contribution in [0.25, 0.3) is 0 Å². The number of carbonyl (C=O) groups is 2. The average Bonchev–Trinajstić information content (AvgIpc) is 2.85. The lowest BCUT2D eigenvalue weighted by molar-refractivity contribution is -0.128. The lowest BCUT2D eigenvalue weighted by Crippen LogP contribution is -2.56. The van der Waals surface area contributed by atoms with Gasteiger partial charge in [0.15, 0.2) is 0 Å². The molecule has 1 heterocycles. The fraction of sp³-hybridized carbons (Fsp3) is 0.259. The number of methoxy groups -OCH3 is 3. The van der Waals surface area contributed by atoms with Gasteiger partial charge < -0.3 is 14.2 Å². The Morgan fingerprint density at radius 1 is 0.765 bits per heavy atom. The van der Waals surface area contributed by atoms with Crippen LogP contribution in [0, 0.1) is 13.8 Å². The summed E-state index contributed by atoms with van der Waals surface area (Å²) >= 11 is 0. The lowest BCUT2D eigenvalue weighted by atomic mass is 9.97. The van der Waals surface area contributed by atoms with Gasteiger partial charge in [0.2, 0.25) is 5.91 Å². The highest BCUT2D eigenvalue weighted by atomic mass is 16.5. The van der Waals surface area contributed by atoms with Gasteiger partial charge in [-0.05, 0) is 55.3 Å². The van der Waals surface area contributed by atoms with Crippen molar-refractivity contribution in [2.24, 2.45) is 0 Å². The van der Waals surface area contributed by atoms with Gasteiger partial charge in [0, 0.05) is 11.8 Å². The minimum Gasteiger partial charge on any atom is -0.497 e. The Morgan fingerprint density at radius 2 is 1.44 bits per heavy atom. The molecule has 176 valence electrons. The summed E-state index contributed by atoms with van der Waals surface area (Å²) in [5.41, 5.74) is 3.89. The molecule has 1 fully saturated rings. The molecule has 2 amide bonds. The van der Waals surface area contributed by atoms with Crippen molar-refractivity contribution in [3.8, 4) is 17.2 Å². The van der Waals surface area contributed by atoms with Crippen molar-refractivity contribution < 1.29 is 23.8 Å². The highest BCUT2D eigenvalue weighted by Gasteiger charge is 2.43. The van der Waals surface area contributed by atoms with E-state index < -0.39 is 6.04 Å². The van der Waals surface area contributed by atoms with Crippen molar-refractivity contribution in [1.29, 1.82) is 0 Å². The first-order valence-corrected chi connectivity index (χ1v) is 10.9. The molecular weight excluding hydrogens is 432 g/mol. The summed E-state index contributed by atoms with van der Waals surface area (Å²) < 4.78 is 16.2. The SMILES string of the molecule is COc1ccc([C@@H]2C(=O)N(c3cc(OC)ccc3OC)CC(=O)N2c2ccc(C)cc2C)cc1. The van der Waals surface area contributed by atoms with Crippen LogP contribution in [0.5, 0.6) is 17.2 Å². The highest BCUT2D eigenvalue weighted by Crippen LogP contribution is 2.40. The molecule has 1 aliphatic heterocycles. The minimum atomic E-state index is -0.857. The Kier molecular flexibility index (Phi) is 6.45. The highest BCUT2D eigenvalue weighted by molar-refractivity contribution is 6.15. The summed E-state index contributed by atoms with van der Waals surface area (Å²) in [5, 5.41) is 0. The summed E-state index contributed by atoms with van der Waals surface area (Å²) in [6, 6.07) is 17.4. The standard InChI is InChI=1S/C27H28N2O5/c1-17-6-12-22(18(2)14-17)29-25(30)16-28(23-15-21(33-4)11-13-24(23)34-5)27(31)26(29)19-7-9-20(32-3)10-8-19/h6-15,26H,16H2,1-5H3/t26-/m1/s1. The Hall–Kier alpha value is -4.00. The molecule has 7 heteroatoms. The summed E-state index contributed by atoms with van der Waals surface area (Å²) in [7, 11) is 4.67. The van der Waals surface area contributed by atoms with Crippen molar-refractivity contribution in [2.45, 2.75) is 19.9 Å². The van der Waals surface area contributed by atoms with Gasteiger partial charge in [-0.25, -0.2) is 0 Å². The largest absolute Gasteiger partial charge is 0.497 e. The van der Waals surface area contributed by atoms with Crippen molar-refractivity contribution in [1.82, 2.24) is 0 Å². The van der Waals surface area contributed by atoms with Crippen LogP contribution < -0.4 is 24.0 Å². The van der Waals surface area contributed by atoms with E-state index in [1.54, 1.807) is 49.5 Å². The molecule has 1 aliphatic rings. The third kappa shape index (κ3) is 4.17. The third-order valence-corrected chi connectivity index (χ3v) is 6.04. The van der Waals surface area contributed by atoms with Gasteiger partial charge in [0.05, 0.1) is 27.0 Å². The number of nitrogens with zero attached hydrogens (tertiary/aromatic N) is 2. The summed E-state index contributed by atoms with van der Waals surface area (Å²) in [6.45, 7) is 3.82. The zero-order valence-electron chi connectivity index (χ0n) is 20.0. The fourth-order valence-corrected chi connectivity index (χ4v) is 4.33.